The summed E-state index contributed by atoms with van der Waals surface area (Å²) in [6, 6.07) is 3.46. The van der Waals surface area contributed by atoms with Crippen LogP contribution in [0.4, 0.5) is 10.5 Å². The van der Waals surface area contributed by atoms with E-state index >= 15 is 0 Å². The number of urea groups is 1. The second-order valence-corrected chi connectivity index (χ2v) is 5.91. The summed E-state index contributed by atoms with van der Waals surface area (Å²) >= 11 is 13.4. The fraction of sp³-hybridized carbons (Fsp3) is 0.385. The number of benzene rings is 1. The summed E-state index contributed by atoms with van der Waals surface area (Å²) in [6.07, 6.45) is 2.39. The van der Waals surface area contributed by atoms with Crippen molar-refractivity contribution in [3.63, 3.8) is 0 Å². The van der Waals surface area contributed by atoms with Gasteiger partial charge in [0.25, 0.3) is 0 Å². The first-order valence-corrected chi connectivity index (χ1v) is 8.22. The first-order valence-electron chi connectivity index (χ1n) is 6.07. The van der Waals surface area contributed by atoms with Crippen LogP contribution in [-0.4, -0.2) is 37.2 Å². The maximum Gasteiger partial charge on any atom is 0.328 e. The molecule has 0 fully saturated rings. The van der Waals surface area contributed by atoms with Gasteiger partial charge in [-0.3, -0.25) is 0 Å². The molecule has 8 heteroatoms. The van der Waals surface area contributed by atoms with Crippen LogP contribution >= 0.6 is 35.0 Å². The third-order valence-corrected chi connectivity index (χ3v) is 3.79. The SMILES string of the molecule is COC(=O)[C@@H](CCSC)NC(=O)Nc1cc(Cl)ccc1Cl. The molecule has 0 aliphatic heterocycles. The summed E-state index contributed by atoms with van der Waals surface area (Å²) in [5, 5.41) is 5.91. The summed E-state index contributed by atoms with van der Waals surface area (Å²) in [7, 11) is 1.28. The second-order valence-electron chi connectivity index (χ2n) is 4.08. The Labute approximate surface area is 137 Å². The maximum atomic E-state index is 11.9. The Morgan fingerprint density at radius 1 is 1.38 bits per heavy atom. The zero-order valence-corrected chi connectivity index (χ0v) is 13.9. The van der Waals surface area contributed by atoms with Crippen molar-refractivity contribution in [1.82, 2.24) is 5.32 Å². The lowest BCUT2D eigenvalue weighted by atomic mass is 10.2. The van der Waals surface area contributed by atoms with Crippen LogP contribution in [0.25, 0.3) is 0 Å². The molecule has 5 nitrogen and oxygen atoms in total. The summed E-state index contributed by atoms with van der Waals surface area (Å²) in [4.78, 5) is 23.5. The third-order valence-electron chi connectivity index (χ3n) is 2.58. The predicted octanol–water partition coefficient (Wildman–Crippen LogP) is 3.41. The molecular formula is C13H16Cl2N2O3S. The van der Waals surface area contributed by atoms with Crippen molar-refractivity contribution >= 4 is 52.7 Å². The molecule has 0 unspecified atom stereocenters. The molecule has 1 aromatic carbocycles. The van der Waals surface area contributed by atoms with Crippen LogP contribution in [-0.2, 0) is 9.53 Å². The summed E-state index contributed by atoms with van der Waals surface area (Å²) < 4.78 is 4.67. The summed E-state index contributed by atoms with van der Waals surface area (Å²) in [5.74, 6) is 0.231. The van der Waals surface area contributed by atoms with E-state index in [-0.39, 0.29) is 0 Å². The molecule has 0 aliphatic carbocycles. The van der Waals surface area contributed by atoms with Crippen molar-refractivity contribution in [2.24, 2.45) is 0 Å². The molecular weight excluding hydrogens is 335 g/mol. The van der Waals surface area contributed by atoms with E-state index in [1.807, 2.05) is 6.26 Å². The Kier molecular flexibility index (Phi) is 7.71. The van der Waals surface area contributed by atoms with Crippen molar-refractivity contribution in [1.29, 1.82) is 0 Å². The van der Waals surface area contributed by atoms with Crippen molar-refractivity contribution in [3.05, 3.63) is 28.2 Å². The Balaban J connectivity index is 2.68. The van der Waals surface area contributed by atoms with E-state index < -0.39 is 18.0 Å². The Hall–Kier alpha value is -1.11. The summed E-state index contributed by atoms with van der Waals surface area (Å²) in [6.45, 7) is 0. The standard InChI is InChI=1S/C13H16Cl2N2O3S/c1-20-12(18)10(5-6-21-2)16-13(19)17-11-7-8(14)3-4-9(11)15/h3-4,7,10H,5-6H2,1-2H3,(H2,16,17,19)/t10-/m1/s1. The molecule has 0 bridgehead atoms. The third kappa shape index (κ3) is 6.03. The second kappa shape index (κ2) is 9.02. The highest BCUT2D eigenvalue weighted by atomic mass is 35.5. The van der Waals surface area contributed by atoms with Gasteiger partial charge in [0.1, 0.15) is 6.04 Å². The number of ether oxygens (including phenoxy) is 1. The van der Waals surface area contributed by atoms with Gasteiger partial charge in [0.15, 0.2) is 0 Å². The zero-order valence-electron chi connectivity index (χ0n) is 11.6. The molecule has 2 N–H and O–H groups in total. The lowest BCUT2D eigenvalue weighted by Gasteiger charge is -2.17. The van der Waals surface area contributed by atoms with Crippen LogP contribution in [0.3, 0.4) is 0 Å². The number of carbonyl (C=O) groups excluding carboxylic acids is 2. The molecule has 116 valence electrons. The smallest absolute Gasteiger partial charge is 0.328 e. The van der Waals surface area contributed by atoms with E-state index in [1.165, 1.54) is 13.2 Å². The number of carbonyl (C=O) groups is 2. The van der Waals surface area contributed by atoms with Gasteiger partial charge in [-0.05, 0) is 36.6 Å². The van der Waals surface area contributed by atoms with E-state index in [9.17, 15) is 9.59 Å². The number of amides is 2. The monoisotopic (exact) mass is 350 g/mol. The fourth-order valence-corrected chi connectivity index (χ4v) is 2.35. The molecule has 0 spiro atoms. The number of hydrogen-bond acceptors (Lipinski definition) is 4. The van der Waals surface area contributed by atoms with Gasteiger partial charge in [-0.2, -0.15) is 11.8 Å². The van der Waals surface area contributed by atoms with Gasteiger partial charge in [0, 0.05) is 5.02 Å². The average molecular weight is 351 g/mol. The van der Waals surface area contributed by atoms with Crippen molar-refractivity contribution in [3.8, 4) is 0 Å². The van der Waals surface area contributed by atoms with E-state index in [4.69, 9.17) is 23.2 Å². The number of esters is 1. The topological polar surface area (TPSA) is 67.4 Å². The Morgan fingerprint density at radius 3 is 2.71 bits per heavy atom. The number of halogens is 2. The van der Waals surface area contributed by atoms with Crippen LogP contribution in [0.5, 0.6) is 0 Å². The number of methoxy groups -OCH3 is 1. The van der Waals surface area contributed by atoms with Gasteiger partial charge in [-0.15, -0.1) is 0 Å². The summed E-state index contributed by atoms with van der Waals surface area (Å²) in [5.41, 5.74) is 0.371. The maximum absolute atomic E-state index is 11.9. The first-order chi connectivity index (χ1) is 9.97. The molecule has 1 atom stereocenters. The highest BCUT2D eigenvalue weighted by Crippen LogP contribution is 2.25. The normalized spacial score (nSPS) is 11.6. The molecule has 0 aliphatic rings. The molecule has 0 saturated carbocycles. The largest absolute Gasteiger partial charge is 0.467 e. The van der Waals surface area contributed by atoms with Crippen LogP contribution in [0.1, 0.15) is 6.42 Å². The number of hydrogen-bond donors (Lipinski definition) is 2. The number of nitrogens with one attached hydrogen (secondary N) is 2. The van der Waals surface area contributed by atoms with Gasteiger partial charge >= 0.3 is 12.0 Å². The molecule has 0 radical (unpaired) electrons. The minimum Gasteiger partial charge on any atom is -0.467 e. The molecule has 0 heterocycles. The lowest BCUT2D eigenvalue weighted by molar-refractivity contribution is -0.142. The zero-order chi connectivity index (χ0) is 15.8. The minimum absolute atomic E-state index is 0.355. The molecule has 1 aromatic rings. The predicted molar refractivity (Wildman–Crippen MR) is 87.4 cm³/mol. The van der Waals surface area contributed by atoms with E-state index in [1.54, 1.807) is 23.9 Å². The number of thioether (sulfide) groups is 1. The molecule has 21 heavy (non-hydrogen) atoms. The number of rotatable bonds is 6. The van der Waals surface area contributed by atoms with Gasteiger partial charge in [-0.25, -0.2) is 9.59 Å². The number of anilines is 1. The Morgan fingerprint density at radius 2 is 2.10 bits per heavy atom. The van der Waals surface area contributed by atoms with Crippen molar-refractivity contribution in [2.45, 2.75) is 12.5 Å². The van der Waals surface area contributed by atoms with E-state index in [0.29, 0.717) is 22.2 Å². The van der Waals surface area contributed by atoms with Crippen molar-refractivity contribution < 1.29 is 14.3 Å². The first kappa shape index (κ1) is 17.9. The van der Waals surface area contributed by atoms with E-state index in [0.717, 1.165) is 5.75 Å². The van der Waals surface area contributed by atoms with Crippen molar-refractivity contribution in [2.75, 3.05) is 24.4 Å². The highest BCUT2D eigenvalue weighted by Gasteiger charge is 2.21. The average Bonchev–Trinajstić information content (AvgIpc) is 2.46. The van der Waals surface area contributed by atoms with E-state index in [2.05, 4.69) is 15.4 Å². The molecule has 0 aromatic heterocycles. The minimum atomic E-state index is -0.708. The van der Waals surface area contributed by atoms with Gasteiger partial charge in [0.05, 0.1) is 17.8 Å². The lowest BCUT2D eigenvalue weighted by Crippen LogP contribution is -2.44. The van der Waals surface area contributed by atoms with Crippen LogP contribution in [0.15, 0.2) is 18.2 Å². The molecule has 0 saturated heterocycles. The highest BCUT2D eigenvalue weighted by molar-refractivity contribution is 7.98. The van der Waals surface area contributed by atoms with Gasteiger partial charge in [-0.1, -0.05) is 23.2 Å². The van der Waals surface area contributed by atoms with Crippen LogP contribution in [0, 0.1) is 0 Å². The fourth-order valence-electron chi connectivity index (χ4n) is 1.54. The van der Waals surface area contributed by atoms with Crippen LogP contribution < -0.4 is 10.6 Å². The van der Waals surface area contributed by atoms with Crippen LogP contribution in [0.2, 0.25) is 10.0 Å². The molecule has 2 amide bonds. The Bertz CT molecular complexity index is 514. The molecule has 1 rings (SSSR count). The van der Waals surface area contributed by atoms with Gasteiger partial charge in [0.2, 0.25) is 0 Å². The quantitative estimate of drug-likeness (QED) is 0.771. The van der Waals surface area contributed by atoms with Gasteiger partial charge < -0.3 is 15.4 Å².